The molecule has 20 heavy (non-hydrogen) atoms. The fourth-order valence-corrected chi connectivity index (χ4v) is 1.89. The van der Waals surface area contributed by atoms with Gasteiger partial charge in [-0.25, -0.2) is 0 Å². The Balaban J connectivity index is 1.98. The van der Waals surface area contributed by atoms with E-state index in [9.17, 15) is 4.79 Å². The highest BCUT2D eigenvalue weighted by Crippen LogP contribution is 2.14. The Labute approximate surface area is 121 Å². The number of rotatable bonds is 5. The SMILES string of the molecule is CNC(=O)CCNc1nc(Cl)nc(N2CCOCC2)n1. The second-order valence-corrected chi connectivity index (χ2v) is 4.52. The number of aromatic nitrogens is 3. The topological polar surface area (TPSA) is 92.3 Å². The number of nitrogens with one attached hydrogen (secondary N) is 2. The summed E-state index contributed by atoms with van der Waals surface area (Å²) in [6.45, 7) is 3.16. The van der Waals surface area contributed by atoms with Gasteiger partial charge in [-0.2, -0.15) is 15.0 Å². The monoisotopic (exact) mass is 300 g/mol. The molecule has 0 radical (unpaired) electrons. The quantitative estimate of drug-likeness (QED) is 0.785. The lowest BCUT2D eigenvalue weighted by Gasteiger charge is -2.26. The van der Waals surface area contributed by atoms with Gasteiger partial charge in [0.1, 0.15) is 0 Å². The van der Waals surface area contributed by atoms with Gasteiger partial charge < -0.3 is 20.3 Å². The second kappa shape index (κ2) is 7.20. The van der Waals surface area contributed by atoms with Gasteiger partial charge in [0.05, 0.1) is 13.2 Å². The molecule has 9 heteroatoms. The number of nitrogens with zero attached hydrogens (tertiary/aromatic N) is 4. The van der Waals surface area contributed by atoms with Crippen molar-refractivity contribution < 1.29 is 9.53 Å². The lowest BCUT2D eigenvalue weighted by atomic mass is 10.4. The molecule has 1 aliphatic rings. The van der Waals surface area contributed by atoms with Crippen molar-refractivity contribution >= 4 is 29.4 Å². The molecule has 1 saturated heterocycles. The molecule has 110 valence electrons. The maximum absolute atomic E-state index is 11.1. The standard InChI is InChI=1S/C11H17ClN6O2/c1-13-8(19)2-3-14-10-15-9(12)16-11(17-10)18-4-6-20-7-5-18/h2-7H2,1H3,(H,13,19)(H,14,15,16,17). The highest BCUT2D eigenvalue weighted by atomic mass is 35.5. The lowest BCUT2D eigenvalue weighted by molar-refractivity contribution is -0.120. The Morgan fingerprint density at radius 1 is 1.35 bits per heavy atom. The maximum atomic E-state index is 11.1. The summed E-state index contributed by atoms with van der Waals surface area (Å²) < 4.78 is 5.28. The first-order valence-corrected chi connectivity index (χ1v) is 6.75. The number of hydrogen-bond acceptors (Lipinski definition) is 7. The van der Waals surface area contributed by atoms with Crippen LogP contribution in [0.2, 0.25) is 5.28 Å². The molecule has 2 N–H and O–H groups in total. The zero-order valence-electron chi connectivity index (χ0n) is 11.2. The number of amides is 1. The fourth-order valence-electron chi connectivity index (χ4n) is 1.74. The number of carbonyl (C=O) groups is 1. The van der Waals surface area contributed by atoms with Gasteiger partial charge in [0.15, 0.2) is 0 Å². The van der Waals surface area contributed by atoms with Gasteiger partial charge in [-0.1, -0.05) is 0 Å². The van der Waals surface area contributed by atoms with E-state index in [1.165, 1.54) is 0 Å². The molecule has 8 nitrogen and oxygen atoms in total. The summed E-state index contributed by atoms with van der Waals surface area (Å²) in [7, 11) is 1.60. The van der Waals surface area contributed by atoms with Crippen molar-refractivity contribution in [2.45, 2.75) is 6.42 Å². The number of carbonyl (C=O) groups excluding carboxylic acids is 1. The Kier molecular flexibility index (Phi) is 5.31. The Morgan fingerprint density at radius 2 is 2.10 bits per heavy atom. The summed E-state index contributed by atoms with van der Waals surface area (Å²) in [4.78, 5) is 25.5. The van der Waals surface area contributed by atoms with Crippen LogP contribution in [-0.4, -0.2) is 60.8 Å². The summed E-state index contributed by atoms with van der Waals surface area (Å²) in [6.07, 6.45) is 0.340. The van der Waals surface area contributed by atoms with Crippen LogP contribution in [0.5, 0.6) is 0 Å². The van der Waals surface area contributed by atoms with E-state index in [-0.39, 0.29) is 11.2 Å². The van der Waals surface area contributed by atoms with E-state index in [1.807, 2.05) is 4.90 Å². The molecular formula is C11H17ClN6O2. The average Bonchev–Trinajstić information content (AvgIpc) is 2.47. The van der Waals surface area contributed by atoms with E-state index in [1.54, 1.807) is 7.05 Å². The molecule has 1 aromatic rings. The third kappa shape index (κ3) is 4.17. The lowest BCUT2D eigenvalue weighted by Crippen LogP contribution is -2.37. The van der Waals surface area contributed by atoms with Crippen LogP contribution in [0.15, 0.2) is 0 Å². The van der Waals surface area contributed by atoms with Gasteiger partial charge in [-0.3, -0.25) is 4.79 Å². The number of halogens is 1. The largest absolute Gasteiger partial charge is 0.378 e. The van der Waals surface area contributed by atoms with Gasteiger partial charge in [-0.05, 0) is 11.6 Å². The molecule has 1 aliphatic heterocycles. The first-order valence-electron chi connectivity index (χ1n) is 6.38. The molecule has 2 rings (SSSR count). The van der Waals surface area contributed by atoms with Crippen LogP contribution in [0, 0.1) is 0 Å². The predicted molar refractivity (Wildman–Crippen MR) is 75.0 cm³/mol. The van der Waals surface area contributed by atoms with Gasteiger partial charge in [0.2, 0.25) is 23.1 Å². The van der Waals surface area contributed by atoms with Crippen LogP contribution < -0.4 is 15.5 Å². The van der Waals surface area contributed by atoms with E-state index >= 15 is 0 Å². The molecule has 1 fully saturated rings. The van der Waals surface area contributed by atoms with Crippen molar-refractivity contribution in [1.82, 2.24) is 20.3 Å². The molecular weight excluding hydrogens is 284 g/mol. The summed E-state index contributed by atoms with van der Waals surface area (Å²) in [6, 6.07) is 0. The first-order chi connectivity index (χ1) is 9.69. The minimum absolute atomic E-state index is 0.0499. The highest BCUT2D eigenvalue weighted by Gasteiger charge is 2.16. The molecule has 0 atom stereocenters. The minimum Gasteiger partial charge on any atom is -0.378 e. The molecule has 0 spiro atoms. The molecule has 0 saturated carbocycles. The van der Waals surface area contributed by atoms with E-state index in [0.717, 1.165) is 13.1 Å². The molecule has 0 unspecified atom stereocenters. The van der Waals surface area contributed by atoms with Crippen molar-refractivity contribution in [2.24, 2.45) is 0 Å². The van der Waals surface area contributed by atoms with Crippen LogP contribution in [-0.2, 0) is 9.53 Å². The smallest absolute Gasteiger partial charge is 0.231 e. The molecule has 2 heterocycles. The maximum Gasteiger partial charge on any atom is 0.231 e. The summed E-state index contributed by atoms with van der Waals surface area (Å²) in [5, 5.41) is 5.64. The van der Waals surface area contributed by atoms with Crippen molar-refractivity contribution in [1.29, 1.82) is 0 Å². The summed E-state index contributed by atoms with van der Waals surface area (Å²) in [5.74, 6) is 0.845. The summed E-state index contributed by atoms with van der Waals surface area (Å²) >= 11 is 5.90. The normalized spacial score (nSPS) is 15.0. The van der Waals surface area contributed by atoms with E-state index in [2.05, 4.69) is 25.6 Å². The van der Waals surface area contributed by atoms with Gasteiger partial charge >= 0.3 is 0 Å². The first kappa shape index (κ1) is 14.7. The average molecular weight is 301 g/mol. The predicted octanol–water partition coefficient (Wildman–Crippen LogP) is -0.0904. The van der Waals surface area contributed by atoms with Crippen molar-refractivity contribution in [3.8, 4) is 0 Å². The van der Waals surface area contributed by atoms with Gasteiger partial charge in [0, 0.05) is 33.1 Å². The summed E-state index contributed by atoms with van der Waals surface area (Å²) in [5.41, 5.74) is 0. The van der Waals surface area contributed by atoms with Crippen molar-refractivity contribution in [3.63, 3.8) is 0 Å². The molecule has 0 aliphatic carbocycles. The van der Waals surface area contributed by atoms with Crippen molar-refractivity contribution in [3.05, 3.63) is 5.28 Å². The van der Waals surface area contributed by atoms with E-state index < -0.39 is 0 Å². The van der Waals surface area contributed by atoms with Crippen LogP contribution >= 0.6 is 11.6 Å². The zero-order chi connectivity index (χ0) is 14.4. The fraction of sp³-hybridized carbons (Fsp3) is 0.636. The van der Waals surface area contributed by atoms with Crippen LogP contribution in [0.3, 0.4) is 0 Å². The van der Waals surface area contributed by atoms with E-state index in [0.29, 0.717) is 38.1 Å². The molecule has 0 bridgehead atoms. The highest BCUT2D eigenvalue weighted by molar-refractivity contribution is 6.28. The van der Waals surface area contributed by atoms with Crippen molar-refractivity contribution in [2.75, 3.05) is 50.1 Å². The zero-order valence-corrected chi connectivity index (χ0v) is 12.0. The number of hydrogen-bond donors (Lipinski definition) is 2. The Hall–Kier alpha value is -1.67. The third-order valence-electron chi connectivity index (χ3n) is 2.80. The third-order valence-corrected chi connectivity index (χ3v) is 2.97. The van der Waals surface area contributed by atoms with E-state index in [4.69, 9.17) is 16.3 Å². The number of ether oxygens (including phenoxy) is 1. The Bertz CT molecular complexity index is 466. The molecule has 1 amide bonds. The van der Waals surface area contributed by atoms with Crippen LogP contribution in [0.4, 0.5) is 11.9 Å². The number of morpholine rings is 1. The Morgan fingerprint density at radius 3 is 2.80 bits per heavy atom. The van der Waals surface area contributed by atoms with Crippen LogP contribution in [0.1, 0.15) is 6.42 Å². The molecule has 1 aromatic heterocycles. The molecule has 0 aromatic carbocycles. The second-order valence-electron chi connectivity index (χ2n) is 4.18. The van der Waals surface area contributed by atoms with Crippen LogP contribution in [0.25, 0.3) is 0 Å². The van der Waals surface area contributed by atoms with Gasteiger partial charge in [-0.15, -0.1) is 0 Å². The minimum atomic E-state index is -0.0499. The van der Waals surface area contributed by atoms with Gasteiger partial charge in [0.25, 0.3) is 0 Å². The number of anilines is 2.